The molecule has 4 nitrogen and oxygen atoms in total. The number of halogens is 1. The van der Waals surface area contributed by atoms with E-state index in [1.54, 1.807) is 6.07 Å². The Morgan fingerprint density at radius 1 is 1.53 bits per heavy atom. The highest BCUT2D eigenvalue weighted by atomic mass is 32.1. The molecule has 0 amide bonds. The lowest BCUT2D eigenvalue weighted by Gasteiger charge is -2.17. The van der Waals surface area contributed by atoms with Crippen molar-refractivity contribution in [3.05, 3.63) is 22.7 Å². The van der Waals surface area contributed by atoms with E-state index in [1.807, 2.05) is 11.5 Å². The summed E-state index contributed by atoms with van der Waals surface area (Å²) in [5.74, 6) is -0.170. The van der Waals surface area contributed by atoms with Crippen LogP contribution < -0.4 is 4.74 Å². The van der Waals surface area contributed by atoms with Gasteiger partial charge in [0, 0.05) is 18.7 Å². The Labute approximate surface area is 115 Å². The van der Waals surface area contributed by atoms with Gasteiger partial charge >= 0.3 is 0 Å². The lowest BCUT2D eigenvalue weighted by Crippen LogP contribution is -2.16. The molecule has 19 heavy (non-hydrogen) atoms. The SMILES string of the molecule is COc1cc2c(cc1F)[nH]c(=S)n2C1CCOC1C. The van der Waals surface area contributed by atoms with E-state index >= 15 is 0 Å². The van der Waals surface area contributed by atoms with Gasteiger partial charge < -0.3 is 19.0 Å². The molecule has 2 aromatic rings. The molecule has 3 rings (SSSR count). The molecule has 0 aliphatic carbocycles. The van der Waals surface area contributed by atoms with Crippen LogP contribution in [0.3, 0.4) is 0 Å². The van der Waals surface area contributed by atoms with Gasteiger partial charge in [-0.2, -0.15) is 0 Å². The molecule has 1 aliphatic heterocycles. The van der Waals surface area contributed by atoms with Gasteiger partial charge in [0.2, 0.25) is 0 Å². The zero-order valence-electron chi connectivity index (χ0n) is 10.8. The van der Waals surface area contributed by atoms with Crippen LogP contribution in [-0.2, 0) is 4.74 Å². The van der Waals surface area contributed by atoms with E-state index in [-0.39, 0.29) is 17.9 Å². The third kappa shape index (κ3) is 1.95. The zero-order chi connectivity index (χ0) is 13.6. The first-order valence-electron chi connectivity index (χ1n) is 6.21. The average molecular weight is 282 g/mol. The fraction of sp³-hybridized carbons (Fsp3) is 0.462. The van der Waals surface area contributed by atoms with E-state index < -0.39 is 5.82 Å². The molecule has 2 heterocycles. The number of nitrogens with one attached hydrogen (secondary N) is 1. The number of methoxy groups -OCH3 is 1. The highest BCUT2D eigenvalue weighted by Crippen LogP contribution is 2.32. The monoisotopic (exact) mass is 282 g/mol. The summed E-state index contributed by atoms with van der Waals surface area (Å²) in [6.07, 6.45) is 1.00. The van der Waals surface area contributed by atoms with Gasteiger partial charge in [-0.3, -0.25) is 0 Å². The number of aromatic nitrogens is 2. The predicted octanol–water partition coefficient (Wildman–Crippen LogP) is 3.20. The molecule has 102 valence electrons. The maximum Gasteiger partial charge on any atom is 0.178 e. The molecule has 2 unspecified atom stereocenters. The first-order chi connectivity index (χ1) is 9.11. The number of hydrogen-bond donors (Lipinski definition) is 1. The van der Waals surface area contributed by atoms with Crippen molar-refractivity contribution < 1.29 is 13.9 Å². The summed E-state index contributed by atoms with van der Waals surface area (Å²) in [5, 5.41) is 0. The van der Waals surface area contributed by atoms with Crippen LogP contribution in [0.2, 0.25) is 0 Å². The highest BCUT2D eigenvalue weighted by molar-refractivity contribution is 7.71. The van der Waals surface area contributed by atoms with Crippen LogP contribution in [0.5, 0.6) is 5.75 Å². The maximum absolute atomic E-state index is 13.7. The van der Waals surface area contributed by atoms with Gasteiger partial charge in [0.05, 0.1) is 30.3 Å². The molecule has 0 bridgehead atoms. The van der Waals surface area contributed by atoms with Gasteiger partial charge in [0.1, 0.15) is 0 Å². The summed E-state index contributed by atoms with van der Waals surface area (Å²) in [7, 11) is 1.46. The van der Waals surface area contributed by atoms with E-state index in [4.69, 9.17) is 21.7 Å². The topological polar surface area (TPSA) is 39.2 Å². The molecule has 1 saturated heterocycles. The van der Waals surface area contributed by atoms with Gasteiger partial charge in [-0.25, -0.2) is 4.39 Å². The molecule has 0 spiro atoms. The molecule has 2 atom stereocenters. The van der Waals surface area contributed by atoms with Crippen molar-refractivity contribution in [2.75, 3.05) is 13.7 Å². The van der Waals surface area contributed by atoms with Crippen LogP contribution in [0, 0.1) is 10.6 Å². The van der Waals surface area contributed by atoms with Crippen LogP contribution in [-0.4, -0.2) is 29.4 Å². The number of benzene rings is 1. The number of fused-ring (bicyclic) bond motifs is 1. The summed E-state index contributed by atoms with van der Waals surface area (Å²) >= 11 is 5.35. The van der Waals surface area contributed by atoms with Crippen molar-refractivity contribution in [3.63, 3.8) is 0 Å². The third-order valence-electron chi connectivity index (χ3n) is 3.66. The number of hydrogen-bond acceptors (Lipinski definition) is 3. The Bertz CT molecular complexity index is 679. The standard InChI is InChI=1S/C13H15FN2O2S/c1-7-10(3-4-18-7)16-11-6-12(17-2)8(14)5-9(11)15-13(16)19/h5-7,10H,3-4H2,1-2H3,(H,15,19). The maximum atomic E-state index is 13.7. The van der Waals surface area contributed by atoms with Crippen molar-refractivity contribution in [3.8, 4) is 5.75 Å². The normalized spacial score (nSPS) is 23.1. The molecular formula is C13H15FN2O2S. The lowest BCUT2D eigenvalue weighted by atomic mass is 10.1. The summed E-state index contributed by atoms with van der Waals surface area (Å²) in [4.78, 5) is 3.04. The zero-order valence-corrected chi connectivity index (χ0v) is 11.6. The summed E-state index contributed by atoms with van der Waals surface area (Å²) in [6, 6.07) is 3.28. The van der Waals surface area contributed by atoms with E-state index in [1.165, 1.54) is 13.2 Å². The molecule has 0 saturated carbocycles. The Morgan fingerprint density at radius 2 is 2.32 bits per heavy atom. The Kier molecular flexibility index (Phi) is 3.06. The van der Waals surface area contributed by atoms with E-state index in [0.29, 0.717) is 10.3 Å². The Hall–Kier alpha value is -1.40. The molecule has 0 radical (unpaired) electrons. The van der Waals surface area contributed by atoms with Crippen LogP contribution >= 0.6 is 12.2 Å². The minimum atomic E-state index is -0.394. The fourth-order valence-electron chi connectivity index (χ4n) is 2.67. The highest BCUT2D eigenvalue weighted by Gasteiger charge is 2.28. The van der Waals surface area contributed by atoms with E-state index in [2.05, 4.69) is 4.98 Å². The second kappa shape index (κ2) is 4.61. The van der Waals surface area contributed by atoms with Crippen molar-refractivity contribution in [1.29, 1.82) is 0 Å². The first kappa shape index (κ1) is 12.6. The molecule has 1 fully saturated rings. The summed E-state index contributed by atoms with van der Waals surface area (Å²) in [5.41, 5.74) is 1.54. The van der Waals surface area contributed by atoms with Crippen LogP contribution in [0.1, 0.15) is 19.4 Å². The van der Waals surface area contributed by atoms with Crippen LogP contribution in [0.15, 0.2) is 12.1 Å². The van der Waals surface area contributed by atoms with Gasteiger partial charge in [0.15, 0.2) is 16.3 Å². The molecule has 1 N–H and O–H groups in total. The van der Waals surface area contributed by atoms with Crippen molar-refractivity contribution >= 4 is 23.3 Å². The summed E-state index contributed by atoms with van der Waals surface area (Å²) < 4.78 is 26.9. The van der Waals surface area contributed by atoms with Gasteiger partial charge in [0.25, 0.3) is 0 Å². The first-order valence-corrected chi connectivity index (χ1v) is 6.62. The molecule has 1 aromatic heterocycles. The minimum Gasteiger partial charge on any atom is -0.494 e. The molecule has 6 heteroatoms. The van der Waals surface area contributed by atoms with Crippen molar-refractivity contribution in [2.45, 2.75) is 25.5 Å². The number of H-pyrrole nitrogens is 1. The number of nitrogens with zero attached hydrogens (tertiary/aromatic N) is 1. The number of ether oxygens (including phenoxy) is 2. The number of imidazole rings is 1. The Morgan fingerprint density at radius 3 is 2.95 bits per heavy atom. The smallest absolute Gasteiger partial charge is 0.178 e. The van der Waals surface area contributed by atoms with Gasteiger partial charge in [-0.15, -0.1) is 0 Å². The van der Waals surface area contributed by atoms with Crippen molar-refractivity contribution in [1.82, 2.24) is 9.55 Å². The van der Waals surface area contributed by atoms with Gasteiger partial charge in [-0.05, 0) is 25.6 Å². The predicted molar refractivity (Wildman–Crippen MR) is 72.7 cm³/mol. The average Bonchev–Trinajstić information content (AvgIpc) is 2.90. The molecular weight excluding hydrogens is 267 g/mol. The quantitative estimate of drug-likeness (QED) is 0.860. The minimum absolute atomic E-state index is 0.0988. The van der Waals surface area contributed by atoms with E-state index in [0.717, 1.165) is 18.5 Å². The van der Waals surface area contributed by atoms with Crippen LogP contribution in [0.25, 0.3) is 11.0 Å². The second-order valence-corrected chi connectivity index (χ2v) is 5.12. The second-order valence-electron chi connectivity index (χ2n) is 4.74. The number of rotatable bonds is 2. The van der Waals surface area contributed by atoms with Crippen molar-refractivity contribution in [2.24, 2.45) is 0 Å². The third-order valence-corrected chi connectivity index (χ3v) is 3.96. The Balaban J connectivity index is 2.23. The molecule has 1 aliphatic rings. The fourth-order valence-corrected chi connectivity index (χ4v) is 3.02. The summed E-state index contributed by atoms with van der Waals surface area (Å²) in [6.45, 7) is 2.75. The van der Waals surface area contributed by atoms with Crippen LogP contribution in [0.4, 0.5) is 4.39 Å². The van der Waals surface area contributed by atoms with E-state index in [9.17, 15) is 4.39 Å². The largest absolute Gasteiger partial charge is 0.494 e. The van der Waals surface area contributed by atoms with Gasteiger partial charge in [-0.1, -0.05) is 0 Å². The lowest BCUT2D eigenvalue weighted by molar-refractivity contribution is 0.108. The number of aromatic amines is 1. The molecule has 1 aromatic carbocycles.